The van der Waals surface area contributed by atoms with Crippen LogP contribution in [0, 0.1) is 5.92 Å². The molecular weight excluding hydrogens is 272 g/mol. The van der Waals surface area contributed by atoms with Gasteiger partial charge in [0.15, 0.2) is 0 Å². The van der Waals surface area contributed by atoms with E-state index in [1.165, 1.54) is 15.1 Å². The largest absolute Gasteiger partial charge is 0.330 e. The van der Waals surface area contributed by atoms with Crippen molar-refractivity contribution in [1.82, 2.24) is 4.90 Å². The van der Waals surface area contributed by atoms with Gasteiger partial charge in [-0.2, -0.15) is 0 Å². The van der Waals surface area contributed by atoms with Crippen molar-refractivity contribution in [2.45, 2.75) is 19.9 Å². The molecule has 0 radical (unpaired) electrons. The van der Waals surface area contributed by atoms with Crippen LogP contribution in [0.1, 0.15) is 18.2 Å². The van der Waals surface area contributed by atoms with Crippen molar-refractivity contribution in [1.29, 1.82) is 0 Å². The fraction of sp³-hybridized carbons (Fsp3) is 0.636. The molecule has 1 heterocycles. The van der Waals surface area contributed by atoms with Crippen LogP contribution in [-0.2, 0) is 6.54 Å². The Kier molecular flexibility index (Phi) is 5.82. The molecule has 0 fully saturated rings. The molecule has 0 spiro atoms. The van der Waals surface area contributed by atoms with Crippen molar-refractivity contribution >= 4 is 27.3 Å². The second-order valence-corrected chi connectivity index (χ2v) is 6.62. The van der Waals surface area contributed by atoms with E-state index < -0.39 is 0 Å². The van der Waals surface area contributed by atoms with E-state index in [1.807, 2.05) is 0 Å². The maximum Gasteiger partial charge on any atom is 0.0701 e. The zero-order chi connectivity index (χ0) is 11.3. The van der Waals surface area contributed by atoms with Gasteiger partial charge < -0.3 is 10.6 Å². The molecule has 0 aliphatic heterocycles. The minimum atomic E-state index is 0.627. The molecule has 0 amide bonds. The van der Waals surface area contributed by atoms with E-state index in [2.05, 4.69) is 46.9 Å². The minimum absolute atomic E-state index is 0.627. The van der Waals surface area contributed by atoms with E-state index in [1.54, 1.807) is 11.3 Å². The number of hydrogen-bond donors (Lipinski definition) is 1. The molecule has 0 saturated heterocycles. The highest BCUT2D eigenvalue weighted by Crippen LogP contribution is 2.23. The summed E-state index contributed by atoms with van der Waals surface area (Å²) in [6.45, 7) is 5.15. The number of nitrogens with two attached hydrogens (primary N) is 1. The summed E-state index contributed by atoms with van der Waals surface area (Å²) in [7, 11) is 2.16. The van der Waals surface area contributed by atoms with Crippen molar-refractivity contribution in [3.63, 3.8) is 0 Å². The predicted molar refractivity (Wildman–Crippen MR) is 71.2 cm³/mol. The van der Waals surface area contributed by atoms with E-state index in [9.17, 15) is 0 Å². The lowest BCUT2D eigenvalue weighted by Gasteiger charge is -2.17. The van der Waals surface area contributed by atoms with E-state index in [4.69, 9.17) is 5.73 Å². The van der Waals surface area contributed by atoms with Gasteiger partial charge in [-0.05, 0) is 60.5 Å². The van der Waals surface area contributed by atoms with Crippen LogP contribution < -0.4 is 5.73 Å². The van der Waals surface area contributed by atoms with Gasteiger partial charge in [-0.3, -0.25) is 0 Å². The molecule has 1 atom stereocenters. The van der Waals surface area contributed by atoms with Gasteiger partial charge in [0, 0.05) is 11.4 Å². The smallest absolute Gasteiger partial charge is 0.0701 e. The minimum Gasteiger partial charge on any atom is -0.330 e. The number of rotatable bonds is 6. The van der Waals surface area contributed by atoms with Gasteiger partial charge in [0.1, 0.15) is 0 Å². The van der Waals surface area contributed by atoms with Crippen LogP contribution in [0.5, 0.6) is 0 Å². The zero-order valence-electron chi connectivity index (χ0n) is 9.37. The summed E-state index contributed by atoms with van der Waals surface area (Å²) in [5.41, 5.74) is 5.59. The maximum atomic E-state index is 5.59. The number of halogens is 1. The number of nitrogens with zero attached hydrogens (tertiary/aromatic N) is 1. The Morgan fingerprint density at radius 3 is 2.80 bits per heavy atom. The highest BCUT2D eigenvalue weighted by atomic mass is 79.9. The summed E-state index contributed by atoms with van der Waals surface area (Å²) in [5.74, 6) is 0.627. The zero-order valence-corrected chi connectivity index (χ0v) is 11.8. The average molecular weight is 291 g/mol. The van der Waals surface area contributed by atoms with E-state index in [-0.39, 0.29) is 0 Å². The molecule has 1 aromatic heterocycles. The third-order valence-corrected chi connectivity index (χ3v) is 4.07. The molecule has 15 heavy (non-hydrogen) atoms. The lowest BCUT2D eigenvalue weighted by Crippen LogP contribution is -2.22. The fourth-order valence-corrected chi connectivity index (χ4v) is 2.90. The van der Waals surface area contributed by atoms with E-state index >= 15 is 0 Å². The molecular formula is C11H19BrN2S. The second kappa shape index (κ2) is 6.63. The highest BCUT2D eigenvalue weighted by molar-refractivity contribution is 9.11. The molecule has 0 aliphatic carbocycles. The summed E-state index contributed by atoms with van der Waals surface area (Å²) >= 11 is 5.29. The second-order valence-electron chi connectivity index (χ2n) is 4.07. The molecule has 1 rings (SSSR count). The van der Waals surface area contributed by atoms with Gasteiger partial charge in [-0.15, -0.1) is 11.3 Å². The third kappa shape index (κ3) is 5.11. The van der Waals surface area contributed by atoms with Crippen LogP contribution in [0.2, 0.25) is 0 Å². The quantitative estimate of drug-likeness (QED) is 0.873. The Morgan fingerprint density at radius 2 is 2.27 bits per heavy atom. The highest BCUT2D eigenvalue weighted by Gasteiger charge is 2.05. The molecule has 0 saturated carbocycles. The Morgan fingerprint density at radius 1 is 1.53 bits per heavy atom. The molecule has 1 unspecified atom stereocenters. The predicted octanol–water partition coefficient (Wildman–Crippen LogP) is 2.93. The van der Waals surface area contributed by atoms with E-state index in [0.717, 1.165) is 19.6 Å². The lowest BCUT2D eigenvalue weighted by atomic mass is 10.1. The number of hydrogen-bond acceptors (Lipinski definition) is 3. The van der Waals surface area contributed by atoms with Crippen LogP contribution in [0.3, 0.4) is 0 Å². The van der Waals surface area contributed by atoms with Gasteiger partial charge >= 0.3 is 0 Å². The lowest BCUT2D eigenvalue weighted by molar-refractivity contribution is 0.302. The van der Waals surface area contributed by atoms with Gasteiger partial charge in [0.2, 0.25) is 0 Å². The molecule has 2 N–H and O–H groups in total. The maximum absolute atomic E-state index is 5.59. The first-order valence-electron chi connectivity index (χ1n) is 5.24. The molecule has 86 valence electrons. The topological polar surface area (TPSA) is 29.3 Å². The average Bonchev–Trinajstić information content (AvgIpc) is 2.60. The molecule has 2 nitrogen and oxygen atoms in total. The van der Waals surface area contributed by atoms with Crippen molar-refractivity contribution in [2.24, 2.45) is 11.7 Å². The Balaban J connectivity index is 2.27. The van der Waals surface area contributed by atoms with Gasteiger partial charge in [0.25, 0.3) is 0 Å². The molecule has 4 heteroatoms. The third-order valence-electron chi connectivity index (χ3n) is 2.46. The van der Waals surface area contributed by atoms with Crippen molar-refractivity contribution in [2.75, 3.05) is 20.1 Å². The Labute approximate surface area is 105 Å². The van der Waals surface area contributed by atoms with Crippen molar-refractivity contribution in [3.05, 3.63) is 20.8 Å². The first-order valence-corrected chi connectivity index (χ1v) is 6.85. The molecule has 1 aromatic rings. The summed E-state index contributed by atoms with van der Waals surface area (Å²) in [6, 6.07) is 4.29. The Hall–Kier alpha value is 0.1000. The SMILES string of the molecule is CC(CN)CCN(C)Cc1ccc(Br)s1. The first kappa shape index (κ1) is 13.2. The van der Waals surface area contributed by atoms with Gasteiger partial charge in [-0.1, -0.05) is 6.92 Å². The van der Waals surface area contributed by atoms with Crippen LogP contribution >= 0.6 is 27.3 Å². The summed E-state index contributed by atoms with van der Waals surface area (Å²) in [5, 5.41) is 0. The Bertz CT molecular complexity index is 288. The monoisotopic (exact) mass is 290 g/mol. The van der Waals surface area contributed by atoms with Crippen LogP contribution in [0.25, 0.3) is 0 Å². The van der Waals surface area contributed by atoms with Gasteiger partial charge in [-0.25, -0.2) is 0 Å². The van der Waals surface area contributed by atoms with E-state index in [0.29, 0.717) is 5.92 Å². The van der Waals surface area contributed by atoms with Crippen molar-refractivity contribution < 1.29 is 0 Å². The summed E-state index contributed by atoms with van der Waals surface area (Å²) < 4.78 is 1.21. The molecule has 0 aromatic carbocycles. The summed E-state index contributed by atoms with van der Waals surface area (Å²) in [4.78, 5) is 3.76. The molecule has 0 aliphatic rings. The van der Waals surface area contributed by atoms with Crippen LogP contribution in [-0.4, -0.2) is 25.0 Å². The number of thiophene rings is 1. The molecule has 0 bridgehead atoms. The summed E-state index contributed by atoms with van der Waals surface area (Å²) in [6.07, 6.45) is 1.18. The first-order chi connectivity index (χ1) is 7.11. The van der Waals surface area contributed by atoms with Crippen LogP contribution in [0.15, 0.2) is 15.9 Å². The van der Waals surface area contributed by atoms with Crippen molar-refractivity contribution in [3.8, 4) is 0 Å². The normalized spacial score (nSPS) is 13.4. The fourth-order valence-electron chi connectivity index (χ4n) is 1.34. The van der Waals surface area contributed by atoms with Gasteiger partial charge in [0.05, 0.1) is 3.79 Å². The van der Waals surface area contributed by atoms with Crippen LogP contribution in [0.4, 0.5) is 0 Å². The standard InChI is InChI=1S/C11H19BrN2S/c1-9(7-13)5-6-14(2)8-10-3-4-11(12)15-10/h3-4,9H,5-8,13H2,1-2H3.